The van der Waals surface area contributed by atoms with Gasteiger partial charge in [0.1, 0.15) is 0 Å². The topological polar surface area (TPSA) is 42.0 Å². The molecule has 2 heterocycles. The van der Waals surface area contributed by atoms with Crippen LogP contribution in [0.5, 0.6) is 11.5 Å². The zero-order valence-corrected chi connectivity index (χ0v) is 13.5. The first-order valence-corrected chi connectivity index (χ1v) is 7.90. The van der Waals surface area contributed by atoms with Crippen molar-refractivity contribution in [2.24, 2.45) is 0 Å². The molecule has 2 aliphatic heterocycles. The molecular formula is C17H24N2O3. The Kier molecular flexibility index (Phi) is 4.25. The number of carbonyl (C=O) groups is 1. The molecule has 2 fully saturated rings. The highest BCUT2D eigenvalue weighted by atomic mass is 16.5. The second-order valence-electron chi connectivity index (χ2n) is 6.09. The monoisotopic (exact) mass is 304 g/mol. The molecule has 0 bridgehead atoms. The molecule has 0 spiro atoms. The van der Waals surface area contributed by atoms with E-state index in [1.54, 1.807) is 14.2 Å². The molecule has 1 aromatic rings. The number of nitrogens with zero attached hydrogens (tertiary/aromatic N) is 2. The van der Waals surface area contributed by atoms with E-state index in [0.29, 0.717) is 12.6 Å². The van der Waals surface area contributed by atoms with Crippen LogP contribution in [0.2, 0.25) is 0 Å². The molecule has 0 unspecified atom stereocenters. The van der Waals surface area contributed by atoms with Gasteiger partial charge in [-0.2, -0.15) is 0 Å². The number of amides is 1. The first-order chi connectivity index (χ1) is 10.7. The average molecular weight is 304 g/mol. The Balaban J connectivity index is 1.82. The van der Waals surface area contributed by atoms with E-state index in [2.05, 4.69) is 9.80 Å². The van der Waals surface area contributed by atoms with Crippen LogP contribution in [-0.4, -0.2) is 55.1 Å². The van der Waals surface area contributed by atoms with Crippen LogP contribution in [0.15, 0.2) is 18.2 Å². The van der Waals surface area contributed by atoms with Crippen molar-refractivity contribution in [2.75, 3.05) is 27.3 Å². The fourth-order valence-electron chi connectivity index (χ4n) is 3.64. The van der Waals surface area contributed by atoms with Crippen molar-refractivity contribution in [3.63, 3.8) is 0 Å². The average Bonchev–Trinajstić information content (AvgIpc) is 3.00. The van der Waals surface area contributed by atoms with Gasteiger partial charge in [-0.15, -0.1) is 0 Å². The van der Waals surface area contributed by atoms with Crippen LogP contribution < -0.4 is 9.47 Å². The van der Waals surface area contributed by atoms with Gasteiger partial charge in [0.15, 0.2) is 11.5 Å². The molecule has 22 heavy (non-hydrogen) atoms. The lowest BCUT2D eigenvalue weighted by molar-refractivity contribution is -0.143. The lowest BCUT2D eigenvalue weighted by atomic mass is 10.1. The number of para-hydroxylation sites is 1. The van der Waals surface area contributed by atoms with Crippen LogP contribution >= 0.6 is 0 Å². The molecule has 0 aromatic heterocycles. The van der Waals surface area contributed by atoms with Crippen molar-refractivity contribution in [2.45, 2.75) is 38.4 Å². The van der Waals surface area contributed by atoms with Crippen LogP contribution in [0.3, 0.4) is 0 Å². The summed E-state index contributed by atoms with van der Waals surface area (Å²) < 4.78 is 10.9. The maximum absolute atomic E-state index is 12.5. The SMILES string of the molecule is COc1cccc(CN2C[C@H]3CCCN3C(=O)[C@@H]2C)c1OC. The zero-order valence-electron chi connectivity index (χ0n) is 13.5. The Hall–Kier alpha value is -1.75. The van der Waals surface area contributed by atoms with E-state index in [4.69, 9.17) is 9.47 Å². The van der Waals surface area contributed by atoms with Crippen molar-refractivity contribution in [3.05, 3.63) is 23.8 Å². The third kappa shape index (κ3) is 2.54. The third-order valence-electron chi connectivity index (χ3n) is 4.87. The number of methoxy groups -OCH3 is 2. The Labute approximate surface area is 131 Å². The zero-order chi connectivity index (χ0) is 15.7. The van der Waals surface area contributed by atoms with E-state index >= 15 is 0 Å². The summed E-state index contributed by atoms with van der Waals surface area (Å²) in [6, 6.07) is 6.20. The summed E-state index contributed by atoms with van der Waals surface area (Å²) in [6.45, 7) is 4.57. The molecule has 1 amide bonds. The lowest BCUT2D eigenvalue weighted by Gasteiger charge is -2.41. The van der Waals surface area contributed by atoms with Gasteiger partial charge < -0.3 is 14.4 Å². The molecule has 120 valence electrons. The van der Waals surface area contributed by atoms with E-state index in [1.807, 2.05) is 25.1 Å². The van der Waals surface area contributed by atoms with E-state index in [1.165, 1.54) is 0 Å². The van der Waals surface area contributed by atoms with Crippen LogP contribution in [0.1, 0.15) is 25.3 Å². The molecule has 0 radical (unpaired) electrons. The van der Waals surface area contributed by atoms with Gasteiger partial charge in [0.2, 0.25) is 5.91 Å². The summed E-state index contributed by atoms with van der Waals surface area (Å²) >= 11 is 0. The minimum atomic E-state index is -0.0785. The molecule has 3 rings (SSSR count). The van der Waals surface area contributed by atoms with Crippen molar-refractivity contribution in [1.82, 2.24) is 9.80 Å². The van der Waals surface area contributed by atoms with E-state index in [0.717, 1.165) is 43.0 Å². The largest absolute Gasteiger partial charge is 0.493 e. The van der Waals surface area contributed by atoms with E-state index < -0.39 is 0 Å². The second kappa shape index (κ2) is 6.16. The molecule has 1 aromatic carbocycles. The molecule has 0 aliphatic carbocycles. The number of piperazine rings is 1. The van der Waals surface area contributed by atoms with E-state index in [-0.39, 0.29) is 11.9 Å². The van der Waals surface area contributed by atoms with Crippen LogP contribution in [0, 0.1) is 0 Å². The Morgan fingerprint density at radius 1 is 1.27 bits per heavy atom. The molecule has 2 aliphatic rings. The molecular weight excluding hydrogens is 280 g/mol. The van der Waals surface area contributed by atoms with Crippen molar-refractivity contribution >= 4 is 5.91 Å². The van der Waals surface area contributed by atoms with Gasteiger partial charge in [-0.1, -0.05) is 12.1 Å². The first-order valence-electron chi connectivity index (χ1n) is 7.90. The molecule has 0 N–H and O–H groups in total. The fraction of sp³-hybridized carbons (Fsp3) is 0.588. The number of ether oxygens (including phenoxy) is 2. The number of fused-ring (bicyclic) bond motifs is 1. The lowest BCUT2D eigenvalue weighted by Crippen LogP contribution is -2.58. The predicted molar refractivity (Wildman–Crippen MR) is 84.2 cm³/mol. The Morgan fingerprint density at radius 2 is 2.09 bits per heavy atom. The fourth-order valence-corrected chi connectivity index (χ4v) is 3.64. The number of hydrogen-bond donors (Lipinski definition) is 0. The van der Waals surface area contributed by atoms with Crippen LogP contribution in [0.4, 0.5) is 0 Å². The summed E-state index contributed by atoms with van der Waals surface area (Å²) in [5.74, 6) is 1.76. The minimum absolute atomic E-state index is 0.0785. The van der Waals surface area contributed by atoms with Crippen molar-refractivity contribution in [3.8, 4) is 11.5 Å². The third-order valence-corrected chi connectivity index (χ3v) is 4.87. The quantitative estimate of drug-likeness (QED) is 0.852. The normalized spacial score (nSPS) is 25.2. The molecule has 2 saturated heterocycles. The number of rotatable bonds is 4. The van der Waals surface area contributed by atoms with Gasteiger partial charge in [0, 0.05) is 31.2 Å². The Morgan fingerprint density at radius 3 is 2.82 bits per heavy atom. The van der Waals surface area contributed by atoms with Gasteiger partial charge in [0.25, 0.3) is 0 Å². The van der Waals surface area contributed by atoms with E-state index in [9.17, 15) is 4.79 Å². The summed E-state index contributed by atoms with van der Waals surface area (Å²) in [6.07, 6.45) is 2.24. The summed E-state index contributed by atoms with van der Waals surface area (Å²) in [5, 5.41) is 0. The maximum atomic E-state index is 12.5. The summed E-state index contributed by atoms with van der Waals surface area (Å²) in [4.78, 5) is 16.8. The smallest absolute Gasteiger partial charge is 0.239 e. The molecule has 2 atom stereocenters. The second-order valence-corrected chi connectivity index (χ2v) is 6.09. The van der Waals surface area contributed by atoms with Crippen molar-refractivity contribution in [1.29, 1.82) is 0 Å². The maximum Gasteiger partial charge on any atom is 0.239 e. The molecule has 0 saturated carbocycles. The number of carbonyl (C=O) groups excluding carboxylic acids is 1. The van der Waals surface area contributed by atoms with Gasteiger partial charge in [-0.25, -0.2) is 0 Å². The van der Waals surface area contributed by atoms with Crippen LogP contribution in [0.25, 0.3) is 0 Å². The standard InChI is InChI=1S/C17H24N2O3/c1-12-17(20)19-9-5-7-14(19)11-18(12)10-13-6-4-8-15(21-2)16(13)22-3/h4,6,8,12,14H,5,7,9-11H2,1-3H3/t12-,14+/m0/s1. The van der Waals surface area contributed by atoms with Crippen LogP contribution in [-0.2, 0) is 11.3 Å². The highest BCUT2D eigenvalue weighted by molar-refractivity contribution is 5.83. The molecule has 5 heteroatoms. The van der Waals surface area contributed by atoms with Gasteiger partial charge in [0.05, 0.1) is 20.3 Å². The number of hydrogen-bond acceptors (Lipinski definition) is 4. The highest BCUT2D eigenvalue weighted by Crippen LogP contribution is 2.33. The predicted octanol–water partition coefficient (Wildman–Crippen LogP) is 1.90. The molecule has 5 nitrogen and oxygen atoms in total. The highest BCUT2D eigenvalue weighted by Gasteiger charge is 2.40. The minimum Gasteiger partial charge on any atom is -0.493 e. The van der Waals surface area contributed by atoms with Crippen molar-refractivity contribution < 1.29 is 14.3 Å². The van der Waals surface area contributed by atoms with Gasteiger partial charge >= 0.3 is 0 Å². The summed E-state index contributed by atoms with van der Waals surface area (Å²) in [5.41, 5.74) is 1.06. The first kappa shape index (κ1) is 15.2. The number of benzene rings is 1. The summed E-state index contributed by atoms with van der Waals surface area (Å²) in [7, 11) is 3.30. The van der Waals surface area contributed by atoms with Gasteiger partial charge in [-0.3, -0.25) is 9.69 Å². The Bertz CT molecular complexity index is 561. The van der Waals surface area contributed by atoms with Gasteiger partial charge in [-0.05, 0) is 25.8 Å².